The van der Waals surface area contributed by atoms with E-state index >= 15 is 0 Å². The third-order valence-corrected chi connectivity index (χ3v) is 6.12. The fraction of sp³-hybridized carbons (Fsp3) is 0.250. The Hall–Kier alpha value is -3.12. The second kappa shape index (κ2) is 9.13. The predicted octanol–water partition coefficient (Wildman–Crippen LogP) is 4.63. The normalized spacial score (nSPS) is 11.1. The van der Waals surface area contributed by atoms with Crippen LogP contribution in [-0.2, 0) is 24.3 Å². The lowest BCUT2D eigenvalue weighted by molar-refractivity contribution is -0.132. The highest BCUT2D eigenvalue weighted by molar-refractivity contribution is 7.11. The molecule has 0 spiro atoms. The number of rotatable bonds is 8. The van der Waals surface area contributed by atoms with Gasteiger partial charge in [-0.05, 0) is 43.2 Å². The van der Waals surface area contributed by atoms with Crippen LogP contribution in [0.1, 0.15) is 21.7 Å². The first-order chi connectivity index (χ1) is 14.6. The van der Waals surface area contributed by atoms with Crippen molar-refractivity contribution in [2.24, 2.45) is 0 Å². The van der Waals surface area contributed by atoms with Crippen LogP contribution in [0.4, 0.5) is 0 Å². The summed E-state index contributed by atoms with van der Waals surface area (Å²) in [6.07, 6.45) is 1.05. The van der Waals surface area contributed by atoms with Crippen molar-refractivity contribution in [3.63, 3.8) is 0 Å². The van der Waals surface area contributed by atoms with E-state index in [4.69, 9.17) is 4.42 Å². The molecular formula is C24H24N2O3S. The number of amides is 1. The minimum atomic E-state index is -0.422. The molecule has 0 saturated carbocycles. The summed E-state index contributed by atoms with van der Waals surface area (Å²) >= 11 is 1.71. The van der Waals surface area contributed by atoms with E-state index in [1.54, 1.807) is 17.4 Å². The first-order valence-corrected chi connectivity index (χ1v) is 10.9. The van der Waals surface area contributed by atoms with Crippen LogP contribution in [0.3, 0.4) is 0 Å². The highest BCUT2D eigenvalue weighted by atomic mass is 32.1. The number of carbonyl (C=O) groups excluding carboxylic acids is 1. The maximum atomic E-state index is 13.1. The van der Waals surface area contributed by atoms with Crippen LogP contribution in [0.15, 0.2) is 75.9 Å². The smallest absolute Gasteiger partial charge is 0.408 e. The SMILES string of the molecule is Cc1ccc(CN(CCc2ccccc2)C(=O)CCn2c(=O)oc3ccccc32)s1. The predicted molar refractivity (Wildman–Crippen MR) is 120 cm³/mol. The highest BCUT2D eigenvalue weighted by Gasteiger charge is 2.17. The second-order valence-electron chi connectivity index (χ2n) is 7.30. The van der Waals surface area contributed by atoms with Gasteiger partial charge in [-0.3, -0.25) is 9.36 Å². The van der Waals surface area contributed by atoms with Gasteiger partial charge in [-0.2, -0.15) is 0 Å². The largest absolute Gasteiger partial charge is 0.419 e. The Labute approximate surface area is 179 Å². The van der Waals surface area contributed by atoms with Gasteiger partial charge in [0.1, 0.15) is 0 Å². The van der Waals surface area contributed by atoms with Gasteiger partial charge in [0.2, 0.25) is 5.91 Å². The van der Waals surface area contributed by atoms with Crippen molar-refractivity contribution in [3.05, 3.63) is 92.6 Å². The van der Waals surface area contributed by atoms with Gasteiger partial charge in [-0.1, -0.05) is 42.5 Å². The molecule has 154 valence electrons. The van der Waals surface area contributed by atoms with Gasteiger partial charge in [0.05, 0.1) is 12.1 Å². The first-order valence-electron chi connectivity index (χ1n) is 10.1. The van der Waals surface area contributed by atoms with Crippen LogP contribution in [0, 0.1) is 6.92 Å². The Kier molecular flexibility index (Phi) is 6.14. The second-order valence-corrected chi connectivity index (χ2v) is 8.67. The summed E-state index contributed by atoms with van der Waals surface area (Å²) in [5, 5.41) is 0. The molecule has 30 heavy (non-hydrogen) atoms. The number of hydrogen-bond donors (Lipinski definition) is 0. The van der Waals surface area contributed by atoms with E-state index in [-0.39, 0.29) is 12.3 Å². The van der Waals surface area contributed by atoms with Gasteiger partial charge >= 0.3 is 5.76 Å². The van der Waals surface area contributed by atoms with E-state index in [9.17, 15) is 9.59 Å². The van der Waals surface area contributed by atoms with Crippen LogP contribution in [0.25, 0.3) is 11.1 Å². The molecule has 0 N–H and O–H groups in total. The molecule has 0 aliphatic carbocycles. The Balaban J connectivity index is 1.47. The Morgan fingerprint density at radius 1 is 1.03 bits per heavy atom. The third-order valence-electron chi connectivity index (χ3n) is 5.13. The maximum absolute atomic E-state index is 13.1. The molecule has 2 aromatic heterocycles. The van der Waals surface area contributed by atoms with Crippen molar-refractivity contribution in [1.82, 2.24) is 9.47 Å². The zero-order valence-corrected chi connectivity index (χ0v) is 17.7. The first kappa shape index (κ1) is 20.2. The summed E-state index contributed by atoms with van der Waals surface area (Å²) in [7, 11) is 0. The molecule has 2 aromatic carbocycles. The van der Waals surface area contributed by atoms with Gasteiger partial charge in [0, 0.05) is 29.3 Å². The number of fused-ring (bicyclic) bond motifs is 1. The molecule has 0 saturated heterocycles. The number of carbonyl (C=O) groups is 1. The molecule has 4 rings (SSSR count). The molecule has 0 fully saturated rings. The lowest BCUT2D eigenvalue weighted by Crippen LogP contribution is -2.33. The van der Waals surface area contributed by atoms with E-state index in [2.05, 4.69) is 31.2 Å². The van der Waals surface area contributed by atoms with Gasteiger partial charge in [-0.15, -0.1) is 11.3 Å². The van der Waals surface area contributed by atoms with Crippen molar-refractivity contribution < 1.29 is 9.21 Å². The summed E-state index contributed by atoms with van der Waals surface area (Å²) in [5.41, 5.74) is 2.47. The van der Waals surface area contributed by atoms with Crippen LogP contribution in [0.5, 0.6) is 0 Å². The van der Waals surface area contributed by atoms with Crippen LogP contribution in [0.2, 0.25) is 0 Å². The number of oxazole rings is 1. The Bertz CT molecular complexity index is 1190. The van der Waals surface area contributed by atoms with E-state index in [0.29, 0.717) is 25.2 Å². The molecule has 6 heteroatoms. The molecule has 4 aromatic rings. The van der Waals surface area contributed by atoms with Gasteiger partial charge in [-0.25, -0.2) is 4.79 Å². The number of aryl methyl sites for hydroxylation is 2. The van der Waals surface area contributed by atoms with E-state index in [0.717, 1.165) is 11.9 Å². The molecule has 0 bridgehead atoms. The van der Waals surface area contributed by atoms with Gasteiger partial charge < -0.3 is 9.32 Å². The zero-order chi connectivity index (χ0) is 20.9. The van der Waals surface area contributed by atoms with Crippen molar-refractivity contribution in [1.29, 1.82) is 0 Å². The number of benzene rings is 2. The van der Waals surface area contributed by atoms with Crippen molar-refractivity contribution in [3.8, 4) is 0 Å². The Morgan fingerprint density at radius 3 is 2.57 bits per heavy atom. The quantitative estimate of drug-likeness (QED) is 0.418. The molecule has 0 aliphatic heterocycles. The van der Waals surface area contributed by atoms with Gasteiger partial charge in [0.25, 0.3) is 0 Å². The van der Waals surface area contributed by atoms with Crippen LogP contribution in [-0.4, -0.2) is 21.9 Å². The number of aromatic nitrogens is 1. The molecule has 1 amide bonds. The average Bonchev–Trinajstić information content (AvgIpc) is 3.31. The number of nitrogens with zero attached hydrogens (tertiary/aromatic N) is 2. The van der Waals surface area contributed by atoms with Gasteiger partial charge in [0.15, 0.2) is 5.58 Å². The number of para-hydroxylation sites is 2. The molecule has 0 aliphatic rings. The van der Waals surface area contributed by atoms with E-state index in [1.807, 2.05) is 41.3 Å². The lowest BCUT2D eigenvalue weighted by Gasteiger charge is -2.22. The molecule has 0 unspecified atom stereocenters. The summed E-state index contributed by atoms with van der Waals surface area (Å²) in [6.45, 7) is 3.60. The average molecular weight is 421 g/mol. The summed E-state index contributed by atoms with van der Waals surface area (Å²) in [4.78, 5) is 29.6. The molecule has 2 heterocycles. The minimum absolute atomic E-state index is 0.0363. The molecule has 0 radical (unpaired) electrons. The lowest BCUT2D eigenvalue weighted by atomic mass is 10.1. The summed E-state index contributed by atoms with van der Waals surface area (Å²) in [5.74, 6) is -0.386. The zero-order valence-electron chi connectivity index (χ0n) is 16.9. The molecule has 0 atom stereocenters. The minimum Gasteiger partial charge on any atom is -0.408 e. The molecular weight excluding hydrogens is 396 g/mol. The van der Waals surface area contributed by atoms with Crippen LogP contribution >= 0.6 is 11.3 Å². The maximum Gasteiger partial charge on any atom is 0.419 e. The monoisotopic (exact) mass is 420 g/mol. The number of thiophene rings is 1. The van der Waals surface area contributed by atoms with Crippen molar-refractivity contribution in [2.45, 2.75) is 32.9 Å². The van der Waals surface area contributed by atoms with E-state index in [1.165, 1.54) is 19.9 Å². The highest BCUT2D eigenvalue weighted by Crippen LogP contribution is 2.19. The fourth-order valence-corrected chi connectivity index (χ4v) is 4.46. The Morgan fingerprint density at radius 2 is 1.80 bits per heavy atom. The fourth-order valence-electron chi connectivity index (χ4n) is 3.55. The number of hydrogen-bond acceptors (Lipinski definition) is 4. The summed E-state index contributed by atoms with van der Waals surface area (Å²) < 4.78 is 6.82. The van der Waals surface area contributed by atoms with E-state index < -0.39 is 5.76 Å². The molecule has 5 nitrogen and oxygen atoms in total. The standard InChI is InChI=1S/C24H24N2O3S/c1-18-11-12-20(30-18)17-25(15-13-19-7-3-2-4-8-19)23(27)14-16-26-21-9-5-6-10-22(21)29-24(26)28/h2-12H,13-17H2,1H3. The third kappa shape index (κ3) is 4.71. The van der Waals surface area contributed by atoms with Crippen molar-refractivity contribution in [2.75, 3.05) is 6.54 Å². The van der Waals surface area contributed by atoms with Crippen molar-refractivity contribution >= 4 is 28.3 Å². The summed E-state index contributed by atoms with van der Waals surface area (Å²) in [6, 6.07) is 21.6. The topological polar surface area (TPSA) is 55.5 Å². The van der Waals surface area contributed by atoms with Crippen LogP contribution < -0.4 is 5.76 Å².